The molecule has 4 bridgehead atoms. The highest BCUT2D eigenvalue weighted by molar-refractivity contribution is 5.68. The van der Waals surface area contributed by atoms with Crippen LogP contribution in [-0.4, -0.2) is 49.5 Å². The minimum Gasteiger partial charge on any atom is -0.366 e. The van der Waals surface area contributed by atoms with Crippen molar-refractivity contribution in [2.45, 2.75) is 30.6 Å². The molecule has 4 heterocycles. The predicted molar refractivity (Wildman–Crippen MR) is 62.4 cm³/mol. The highest BCUT2D eigenvalue weighted by atomic mass is 16.7. The van der Waals surface area contributed by atoms with E-state index in [0.717, 1.165) is 4.68 Å². The summed E-state index contributed by atoms with van der Waals surface area (Å²) in [6, 6.07) is -0.572. The van der Waals surface area contributed by atoms with Gasteiger partial charge in [-0.2, -0.15) is 0 Å². The van der Waals surface area contributed by atoms with Crippen LogP contribution in [0.25, 0.3) is 0 Å². The molecule has 0 saturated carbocycles. The Morgan fingerprint density at radius 1 is 1.43 bits per heavy atom. The second-order valence-electron chi connectivity index (χ2n) is 5.14. The van der Waals surface area contributed by atoms with Gasteiger partial charge in [0, 0.05) is 6.42 Å². The molecule has 3 aliphatic rings. The Labute approximate surface area is 115 Å². The number of rotatable bonds is 2. The molecule has 0 aromatic carbocycles. The number of anilines is 1. The van der Waals surface area contributed by atoms with Gasteiger partial charge < -0.3 is 30.0 Å². The van der Waals surface area contributed by atoms with Crippen LogP contribution in [0.5, 0.6) is 0 Å². The minimum absolute atomic E-state index is 0.130. The van der Waals surface area contributed by atoms with Gasteiger partial charge in [-0.1, -0.05) is 0 Å². The zero-order chi connectivity index (χ0) is 14.9. The molecule has 12 heteroatoms. The minimum atomic E-state index is -1.67. The van der Waals surface area contributed by atoms with Crippen molar-refractivity contribution in [3.8, 4) is 0 Å². The Bertz CT molecular complexity index is 674. The van der Waals surface area contributed by atoms with Crippen LogP contribution in [0.2, 0.25) is 0 Å². The van der Waals surface area contributed by atoms with Gasteiger partial charge >= 0.3 is 11.5 Å². The molecule has 112 valence electrons. The number of hydrogen-bond donors (Lipinski definition) is 2. The van der Waals surface area contributed by atoms with Crippen LogP contribution in [0.4, 0.5) is 17.3 Å². The predicted octanol–water partition coefficient (Wildman–Crippen LogP) is -0.500. The van der Waals surface area contributed by atoms with Crippen LogP contribution in [0, 0.1) is 20.2 Å². The van der Waals surface area contributed by atoms with Gasteiger partial charge in [-0.3, -0.25) is 10.1 Å². The molecule has 2 N–H and O–H groups in total. The van der Waals surface area contributed by atoms with Crippen LogP contribution in [0.15, 0.2) is 0 Å². The summed E-state index contributed by atoms with van der Waals surface area (Å²) in [5.74, 6) is -1.07. The first-order chi connectivity index (χ1) is 9.90. The van der Waals surface area contributed by atoms with Gasteiger partial charge in [-0.15, -0.1) is 4.68 Å². The van der Waals surface area contributed by atoms with E-state index in [4.69, 9.17) is 9.47 Å². The number of nitro groups is 2. The van der Waals surface area contributed by atoms with Crippen molar-refractivity contribution in [2.75, 3.05) is 11.9 Å². The summed E-state index contributed by atoms with van der Waals surface area (Å²) in [4.78, 5) is 20.3. The summed E-state index contributed by atoms with van der Waals surface area (Å²) in [5, 5.41) is 38.8. The van der Waals surface area contributed by atoms with Gasteiger partial charge in [0.05, 0.1) is 16.6 Å². The molecule has 0 radical (unpaired) electrons. The van der Waals surface area contributed by atoms with Crippen LogP contribution in [0.1, 0.15) is 12.5 Å². The fourth-order valence-corrected chi connectivity index (χ4v) is 3.04. The fourth-order valence-electron chi connectivity index (χ4n) is 3.04. The fraction of sp³-hybridized carbons (Fsp3) is 0.667. The zero-order valence-corrected chi connectivity index (χ0v) is 10.3. The summed E-state index contributed by atoms with van der Waals surface area (Å²) >= 11 is 0. The second kappa shape index (κ2) is 3.66. The number of nitrogens with zero attached hydrogens (tertiary/aromatic N) is 4. The molecule has 2 fully saturated rings. The Morgan fingerprint density at radius 3 is 2.86 bits per heavy atom. The molecule has 0 unspecified atom stereocenters. The molecular formula is C9H9N5O7. The monoisotopic (exact) mass is 299 g/mol. The average Bonchev–Trinajstić information content (AvgIpc) is 2.98. The maximum absolute atomic E-state index is 11.1. The van der Waals surface area contributed by atoms with Crippen molar-refractivity contribution in [1.29, 1.82) is 0 Å². The summed E-state index contributed by atoms with van der Waals surface area (Å²) in [6.45, 7) is 0.181. The smallest absolute Gasteiger partial charge is 0.366 e. The maximum Gasteiger partial charge on any atom is 0.470 e. The topological polar surface area (TPSA) is 155 Å². The first-order valence-electron chi connectivity index (χ1n) is 6.09. The van der Waals surface area contributed by atoms with Gasteiger partial charge in [0.2, 0.25) is 12.1 Å². The third-order valence-electron chi connectivity index (χ3n) is 3.92. The summed E-state index contributed by atoms with van der Waals surface area (Å²) < 4.78 is 11.9. The Balaban J connectivity index is 1.93. The van der Waals surface area contributed by atoms with Crippen LogP contribution in [-0.2, 0) is 9.47 Å². The van der Waals surface area contributed by atoms with E-state index in [-0.39, 0.29) is 18.8 Å². The van der Waals surface area contributed by atoms with E-state index >= 15 is 0 Å². The lowest BCUT2D eigenvalue weighted by Gasteiger charge is -2.43. The van der Waals surface area contributed by atoms with Gasteiger partial charge in [-0.05, 0) is 4.92 Å². The van der Waals surface area contributed by atoms with Crippen molar-refractivity contribution in [3.63, 3.8) is 0 Å². The highest BCUT2D eigenvalue weighted by Gasteiger charge is 2.60. The molecule has 2 saturated heterocycles. The van der Waals surface area contributed by atoms with E-state index in [1.165, 1.54) is 0 Å². The van der Waals surface area contributed by atoms with E-state index in [1.54, 1.807) is 0 Å². The van der Waals surface area contributed by atoms with E-state index < -0.39 is 45.5 Å². The lowest BCUT2D eigenvalue weighted by atomic mass is 9.94. The summed E-state index contributed by atoms with van der Waals surface area (Å²) in [6.07, 6.45) is -1.30. The number of ether oxygens (including phenoxy) is 2. The lowest BCUT2D eigenvalue weighted by molar-refractivity contribution is -0.424. The Morgan fingerprint density at radius 2 is 2.19 bits per heavy atom. The SMILES string of the molecule is O=[N+]([O-])c1nn2c(c1[N+](=O)[O-])N[C@]1(O)C[C@H]2[C@H]2CO[C@@H]1O2. The van der Waals surface area contributed by atoms with E-state index in [0.29, 0.717) is 0 Å². The Kier molecular flexibility index (Phi) is 2.17. The van der Waals surface area contributed by atoms with Crippen molar-refractivity contribution < 1.29 is 24.4 Å². The maximum atomic E-state index is 11.1. The van der Waals surface area contributed by atoms with Gasteiger partial charge in [0.15, 0.2) is 5.72 Å². The molecule has 3 aliphatic heterocycles. The molecule has 4 rings (SSSR count). The molecule has 0 aliphatic carbocycles. The third-order valence-corrected chi connectivity index (χ3v) is 3.92. The van der Waals surface area contributed by atoms with Crippen molar-refractivity contribution in [3.05, 3.63) is 20.2 Å². The van der Waals surface area contributed by atoms with Crippen LogP contribution >= 0.6 is 0 Å². The van der Waals surface area contributed by atoms with E-state index in [2.05, 4.69) is 10.4 Å². The molecular weight excluding hydrogens is 290 g/mol. The molecule has 0 amide bonds. The highest BCUT2D eigenvalue weighted by Crippen LogP contribution is 2.50. The largest absolute Gasteiger partial charge is 0.470 e. The van der Waals surface area contributed by atoms with E-state index in [1.807, 2.05) is 0 Å². The van der Waals surface area contributed by atoms with E-state index in [9.17, 15) is 25.3 Å². The van der Waals surface area contributed by atoms with Crippen molar-refractivity contribution in [2.24, 2.45) is 0 Å². The quantitative estimate of drug-likeness (QED) is 0.542. The van der Waals surface area contributed by atoms with Gasteiger partial charge in [0.25, 0.3) is 0 Å². The number of aliphatic hydroxyl groups is 1. The molecule has 1 aromatic rings. The number of aromatic nitrogens is 2. The Hall–Kier alpha value is -2.31. The lowest BCUT2D eigenvalue weighted by Crippen LogP contribution is -2.58. The molecule has 12 nitrogen and oxygen atoms in total. The zero-order valence-electron chi connectivity index (χ0n) is 10.3. The first-order valence-corrected chi connectivity index (χ1v) is 6.09. The van der Waals surface area contributed by atoms with Crippen LogP contribution in [0.3, 0.4) is 0 Å². The van der Waals surface area contributed by atoms with Crippen molar-refractivity contribution >= 4 is 17.3 Å². The molecule has 0 spiro atoms. The van der Waals surface area contributed by atoms with Crippen molar-refractivity contribution in [1.82, 2.24) is 9.78 Å². The number of hydrogen-bond acceptors (Lipinski definition) is 9. The average molecular weight is 299 g/mol. The molecule has 4 atom stereocenters. The number of fused-ring (bicyclic) bond motifs is 8. The van der Waals surface area contributed by atoms with Crippen LogP contribution < -0.4 is 5.32 Å². The standard InChI is InChI=1S/C9H9N5O7/c15-9-1-3(4-2-20-8(9)21-4)12-6(10-9)5(13(16)17)7(11-12)14(18)19/h3-4,8,10,15H,1-2H2/t3-,4+,8+,9-/m0/s1. The second-order valence-corrected chi connectivity index (χ2v) is 5.14. The first kappa shape index (κ1) is 12.4. The van der Waals surface area contributed by atoms with Gasteiger partial charge in [0.1, 0.15) is 12.1 Å². The summed E-state index contributed by atoms with van der Waals surface area (Å²) in [7, 11) is 0. The third kappa shape index (κ3) is 1.46. The molecule has 1 aromatic heterocycles. The summed E-state index contributed by atoms with van der Waals surface area (Å²) in [5.41, 5.74) is -2.45. The number of nitrogens with one attached hydrogen (secondary N) is 1. The van der Waals surface area contributed by atoms with Gasteiger partial charge in [-0.25, -0.2) is 0 Å². The normalized spacial score (nSPS) is 36.0. The molecule has 21 heavy (non-hydrogen) atoms.